The van der Waals surface area contributed by atoms with Crippen molar-refractivity contribution in [1.29, 1.82) is 0 Å². The number of nitrogens with zero attached hydrogens (tertiary/aromatic N) is 3. The van der Waals surface area contributed by atoms with Gasteiger partial charge in [-0.15, -0.1) is 21.5 Å². The van der Waals surface area contributed by atoms with Crippen LogP contribution in [0, 0.1) is 0 Å². The van der Waals surface area contributed by atoms with E-state index in [0.717, 1.165) is 18.4 Å². The van der Waals surface area contributed by atoms with Crippen molar-refractivity contribution in [3.8, 4) is 28.7 Å². The van der Waals surface area contributed by atoms with Crippen LogP contribution in [0.3, 0.4) is 0 Å². The zero-order valence-electron chi connectivity index (χ0n) is 21.1. The number of aromatic nitrogens is 3. The quantitative estimate of drug-likeness (QED) is 0.278. The highest BCUT2D eigenvalue weighted by atomic mass is 32.1. The van der Waals surface area contributed by atoms with Gasteiger partial charge in [-0.25, -0.2) is 4.98 Å². The van der Waals surface area contributed by atoms with Crippen LogP contribution in [-0.4, -0.2) is 54.1 Å². The number of ether oxygens (including phenoxy) is 4. The minimum atomic E-state index is -0.318. The molecule has 0 aliphatic carbocycles. The van der Waals surface area contributed by atoms with E-state index < -0.39 is 0 Å². The van der Waals surface area contributed by atoms with Gasteiger partial charge in [0.2, 0.25) is 11.8 Å². The van der Waals surface area contributed by atoms with Crippen molar-refractivity contribution in [2.45, 2.75) is 31.8 Å². The number of nitrogens with one attached hydrogen (secondary N) is 1. The fourth-order valence-corrected chi connectivity index (χ4v) is 4.57. The van der Waals surface area contributed by atoms with Crippen LogP contribution in [0.15, 0.2) is 58.5 Å². The summed E-state index contributed by atoms with van der Waals surface area (Å²) < 4.78 is 28.6. The Morgan fingerprint density at radius 1 is 1.11 bits per heavy atom. The van der Waals surface area contributed by atoms with Crippen LogP contribution < -0.4 is 14.8 Å². The fourth-order valence-electron chi connectivity index (χ4n) is 4.05. The van der Waals surface area contributed by atoms with Gasteiger partial charge in [0.15, 0.2) is 5.13 Å². The molecule has 1 aliphatic rings. The van der Waals surface area contributed by atoms with Crippen molar-refractivity contribution < 1.29 is 28.2 Å². The molecule has 1 saturated heterocycles. The molecule has 5 rings (SSSR count). The van der Waals surface area contributed by atoms with Crippen molar-refractivity contribution in [3.05, 3.63) is 65.5 Å². The largest absolute Gasteiger partial charge is 0.488 e. The van der Waals surface area contributed by atoms with E-state index in [1.807, 2.05) is 31.2 Å². The monoisotopic (exact) mass is 536 g/mol. The summed E-state index contributed by atoms with van der Waals surface area (Å²) in [7, 11) is 1.61. The molecule has 198 valence electrons. The molecule has 4 aromatic rings. The molecule has 0 spiro atoms. The molecule has 1 amide bonds. The van der Waals surface area contributed by atoms with E-state index in [2.05, 4.69) is 20.5 Å². The van der Waals surface area contributed by atoms with E-state index in [1.165, 1.54) is 11.3 Å². The van der Waals surface area contributed by atoms with Gasteiger partial charge in [0.25, 0.3) is 5.91 Å². The predicted molar refractivity (Wildman–Crippen MR) is 141 cm³/mol. The van der Waals surface area contributed by atoms with Crippen LogP contribution in [0.1, 0.15) is 41.9 Å². The minimum absolute atomic E-state index is 0.218. The Morgan fingerprint density at radius 2 is 1.89 bits per heavy atom. The molecule has 0 bridgehead atoms. The van der Waals surface area contributed by atoms with Gasteiger partial charge in [0.05, 0.1) is 6.61 Å². The summed E-state index contributed by atoms with van der Waals surface area (Å²) in [5, 5.41) is 13.5. The van der Waals surface area contributed by atoms with Gasteiger partial charge >= 0.3 is 0 Å². The first-order valence-corrected chi connectivity index (χ1v) is 13.2. The first-order valence-electron chi connectivity index (χ1n) is 12.3. The summed E-state index contributed by atoms with van der Waals surface area (Å²) in [6.45, 7) is 3.70. The number of carbonyl (C=O) groups is 1. The molecule has 2 aromatic heterocycles. The summed E-state index contributed by atoms with van der Waals surface area (Å²) in [5.41, 5.74) is 1.16. The maximum atomic E-state index is 12.9. The van der Waals surface area contributed by atoms with Crippen molar-refractivity contribution in [2.75, 3.05) is 32.2 Å². The van der Waals surface area contributed by atoms with E-state index in [9.17, 15) is 4.79 Å². The van der Waals surface area contributed by atoms with E-state index in [4.69, 9.17) is 23.4 Å². The van der Waals surface area contributed by atoms with Crippen LogP contribution in [0.5, 0.6) is 17.2 Å². The number of benzene rings is 2. The predicted octanol–water partition coefficient (Wildman–Crippen LogP) is 5.55. The van der Waals surface area contributed by atoms with Crippen molar-refractivity contribution in [2.24, 2.45) is 0 Å². The number of hydrogen-bond acceptors (Lipinski definition) is 10. The Bertz CT molecular complexity index is 1340. The second-order valence-electron chi connectivity index (χ2n) is 8.83. The summed E-state index contributed by atoms with van der Waals surface area (Å²) >= 11 is 1.34. The van der Waals surface area contributed by atoms with Crippen LogP contribution in [-0.2, 0) is 9.47 Å². The molecule has 3 heterocycles. The minimum Gasteiger partial charge on any atom is -0.488 e. The number of carbonyl (C=O) groups excluding carboxylic acids is 1. The average molecular weight is 537 g/mol. The lowest BCUT2D eigenvalue weighted by atomic mass is 10.0. The normalized spacial score (nSPS) is 14.7. The van der Waals surface area contributed by atoms with Crippen LogP contribution >= 0.6 is 11.3 Å². The van der Waals surface area contributed by atoms with Crippen LogP contribution in [0.2, 0.25) is 0 Å². The average Bonchev–Trinajstić information content (AvgIpc) is 3.62. The molecule has 1 aliphatic heterocycles. The van der Waals surface area contributed by atoms with Gasteiger partial charge < -0.3 is 23.4 Å². The van der Waals surface area contributed by atoms with E-state index in [1.54, 1.807) is 36.9 Å². The van der Waals surface area contributed by atoms with Gasteiger partial charge in [0.1, 0.15) is 23.4 Å². The maximum Gasteiger partial charge on any atom is 0.257 e. The smallest absolute Gasteiger partial charge is 0.257 e. The molecular weight excluding hydrogens is 508 g/mol. The zero-order chi connectivity index (χ0) is 26.3. The molecule has 1 N–H and O–H groups in total. The number of amides is 1. The SMILES string of the molecule is COCC(C)Oc1cc(Oc2ccc(-c3nnc(C4CCOCC4)o3)cc2)cc(C(=O)Nc2nccs2)c1. The van der Waals surface area contributed by atoms with Gasteiger partial charge in [-0.05, 0) is 56.2 Å². The lowest BCUT2D eigenvalue weighted by Crippen LogP contribution is -2.18. The van der Waals surface area contributed by atoms with Crippen molar-refractivity contribution in [3.63, 3.8) is 0 Å². The van der Waals surface area contributed by atoms with Crippen LogP contribution in [0.25, 0.3) is 11.5 Å². The van der Waals surface area contributed by atoms with Crippen molar-refractivity contribution >= 4 is 22.4 Å². The molecule has 10 nitrogen and oxygen atoms in total. The third kappa shape index (κ3) is 6.55. The summed E-state index contributed by atoms with van der Waals surface area (Å²) in [5.74, 6) is 2.53. The lowest BCUT2D eigenvalue weighted by Gasteiger charge is -2.18. The Hall–Kier alpha value is -3.80. The highest BCUT2D eigenvalue weighted by Gasteiger charge is 2.22. The molecule has 0 saturated carbocycles. The third-order valence-electron chi connectivity index (χ3n) is 5.88. The molecule has 11 heteroatoms. The van der Waals surface area contributed by atoms with Crippen molar-refractivity contribution in [1.82, 2.24) is 15.2 Å². The molecule has 1 fully saturated rings. The Morgan fingerprint density at radius 3 is 2.63 bits per heavy atom. The molecular formula is C27H28N4O6S. The number of thiazole rings is 1. The highest BCUT2D eigenvalue weighted by Crippen LogP contribution is 2.32. The maximum absolute atomic E-state index is 12.9. The summed E-state index contributed by atoms with van der Waals surface area (Å²) in [6.07, 6.45) is 3.17. The standard InChI is InChI=1S/C27H28N4O6S/c1-17(16-33-2)35-22-13-20(24(32)29-27-28-9-12-38-27)14-23(15-22)36-21-5-3-18(4-6-21)25-30-31-26(37-25)19-7-10-34-11-8-19/h3-6,9,12-15,17,19H,7-8,10-11,16H2,1-2H3,(H,28,29,32). The molecule has 2 aromatic carbocycles. The van der Waals surface area contributed by atoms with E-state index in [0.29, 0.717) is 59.5 Å². The van der Waals surface area contributed by atoms with Gasteiger partial charge in [-0.2, -0.15) is 0 Å². The van der Waals surface area contributed by atoms with E-state index >= 15 is 0 Å². The van der Waals surface area contributed by atoms with Gasteiger partial charge in [0, 0.05) is 55.0 Å². The topological polar surface area (TPSA) is 118 Å². The molecule has 38 heavy (non-hydrogen) atoms. The molecule has 1 unspecified atom stereocenters. The molecule has 0 radical (unpaired) electrons. The lowest BCUT2D eigenvalue weighted by molar-refractivity contribution is 0.0795. The van der Waals surface area contributed by atoms with Crippen LogP contribution in [0.4, 0.5) is 5.13 Å². The number of methoxy groups -OCH3 is 1. The van der Waals surface area contributed by atoms with Gasteiger partial charge in [-0.1, -0.05) is 0 Å². The highest BCUT2D eigenvalue weighted by molar-refractivity contribution is 7.13. The second kappa shape index (κ2) is 12.2. The number of anilines is 1. The Kier molecular flexibility index (Phi) is 8.27. The van der Waals surface area contributed by atoms with Gasteiger partial charge in [-0.3, -0.25) is 10.1 Å². The number of hydrogen-bond donors (Lipinski definition) is 1. The summed E-state index contributed by atoms with van der Waals surface area (Å²) in [6, 6.07) is 12.4. The first kappa shape index (κ1) is 25.8. The fraction of sp³-hybridized carbons (Fsp3) is 0.333. The zero-order valence-corrected chi connectivity index (χ0v) is 21.9. The first-order chi connectivity index (χ1) is 18.6. The third-order valence-corrected chi connectivity index (χ3v) is 6.57. The summed E-state index contributed by atoms with van der Waals surface area (Å²) in [4.78, 5) is 17.0. The Balaban J connectivity index is 1.32. The number of rotatable bonds is 10. The van der Waals surface area contributed by atoms with E-state index in [-0.39, 0.29) is 17.9 Å². The Labute approximate surface area is 223 Å². The molecule has 1 atom stereocenters. The second-order valence-corrected chi connectivity index (χ2v) is 9.72.